The van der Waals surface area contributed by atoms with E-state index < -0.39 is 6.04 Å². The third kappa shape index (κ3) is 3.03. The highest BCUT2D eigenvalue weighted by atomic mass is 16.2. The zero-order chi connectivity index (χ0) is 14.5. The molecular weight excluding hydrogens is 250 g/mol. The van der Waals surface area contributed by atoms with E-state index in [1.54, 1.807) is 18.1 Å². The van der Waals surface area contributed by atoms with Crippen molar-refractivity contribution in [2.75, 3.05) is 7.05 Å². The summed E-state index contributed by atoms with van der Waals surface area (Å²) in [7, 11) is 1.75. The highest BCUT2D eigenvalue weighted by Crippen LogP contribution is 2.20. The van der Waals surface area contributed by atoms with Crippen molar-refractivity contribution in [1.29, 1.82) is 0 Å². The Morgan fingerprint density at radius 1 is 1.15 bits per heavy atom. The summed E-state index contributed by atoms with van der Waals surface area (Å²) in [6.07, 6.45) is 1.72. The molecular formula is C16H19N3O. The third-order valence-electron chi connectivity index (χ3n) is 3.47. The summed E-state index contributed by atoms with van der Waals surface area (Å²) in [6, 6.07) is 14.3. The van der Waals surface area contributed by atoms with Gasteiger partial charge in [-0.25, -0.2) is 0 Å². The normalized spacial score (nSPS) is 13.6. The fraction of sp³-hybridized carbons (Fsp3) is 0.250. The van der Waals surface area contributed by atoms with Gasteiger partial charge in [-0.3, -0.25) is 9.78 Å². The van der Waals surface area contributed by atoms with Gasteiger partial charge in [0.2, 0.25) is 5.91 Å². The molecule has 0 radical (unpaired) electrons. The maximum Gasteiger partial charge on any atom is 0.244 e. The van der Waals surface area contributed by atoms with Gasteiger partial charge in [0, 0.05) is 13.2 Å². The van der Waals surface area contributed by atoms with Crippen LogP contribution in [-0.4, -0.2) is 22.8 Å². The van der Waals surface area contributed by atoms with Crippen LogP contribution >= 0.6 is 0 Å². The molecule has 0 unspecified atom stereocenters. The summed E-state index contributed by atoms with van der Waals surface area (Å²) in [4.78, 5) is 18.3. The van der Waals surface area contributed by atoms with Crippen molar-refractivity contribution < 1.29 is 4.79 Å². The molecule has 0 bridgehead atoms. The van der Waals surface area contributed by atoms with Crippen LogP contribution < -0.4 is 5.73 Å². The quantitative estimate of drug-likeness (QED) is 0.926. The first-order chi connectivity index (χ1) is 9.61. The molecule has 0 spiro atoms. The Morgan fingerprint density at radius 2 is 1.80 bits per heavy atom. The maximum absolute atomic E-state index is 12.4. The van der Waals surface area contributed by atoms with E-state index in [9.17, 15) is 4.79 Å². The molecule has 0 saturated heterocycles. The molecule has 4 heteroatoms. The topological polar surface area (TPSA) is 59.2 Å². The number of rotatable bonds is 4. The predicted molar refractivity (Wildman–Crippen MR) is 78.8 cm³/mol. The summed E-state index contributed by atoms with van der Waals surface area (Å²) in [5, 5.41) is 0. The number of carbonyl (C=O) groups excluding carboxylic acids is 1. The minimum atomic E-state index is -0.646. The lowest BCUT2D eigenvalue weighted by molar-refractivity contribution is -0.133. The zero-order valence-corrected chi connectivity index (χ0v) is 11.7. The molecule has 2 atom stereocenters. The van der Waals surface area contributed by atoms with Gasteiger partial charge < -0.3 is 10.6 Å². The Balaban J connectivity index is 2.13. The van der Waals surface area contributed by atoms with E-state index in [2.05, 4.69) is 4.98 Å². The summed E-state index contributed by atoms with van der Waals surface area (Å²) in [6.45, 7) is 1.94. The van der Waals surface area contributed by atoms with Gasteiger partial charge in [-0.15, -0.1) is 0 Å². The van der Waals surface area contributed by atoms with Crippen molar-refractivity contribution in [2.24, 2.45) is 5.73 Å². The van der Waals surface area contributed by atoms with Crippen molar-refractivity contribution >= 4 is 5.91 Å². The molecule has 2 aromatic rings. The van der Waals surface area contributed by atoms with Crippen LogP contribution in [0.3, 0.4) is 0 Å². The molecule has 0 aliphatic rings. The van der Waals surface area contributed by atoms with Gasteiger partial charge in [0.05, 0.1) is 11.7 Å². The molecule has 0 saturated carbocycles. The van der Waals surface area contributed by atoms with Gasteiger partial charge in [-0.2, -0.15) is 0 Å². The van der Waals surface area contributed by atoms with E-state index >= 15 is 0 Å². The first-order valence-corrected chi connectivity index (χ1v) is 6.59. The van der Waals surface area contributed by atoms with Crippen LogP contribution in [0, 0.1) is 0 Å². The third-order valence-corrected chi connectivity index (χ3v) is 3.47. The molecule has 104 valence electrons. The van der Waals surface area contributed by atoms with Crippen LogP contribution in [0.2, 0.25) is 0 Å². The first kappa shape index (κ1) is 14.2. The van der Waals surface area contributed by atoms with Crippen molar-refractivity contribution in [3.05, 3.63) is 66.0 Å². The van der Waals surface area contributed by atoms with Gasteiger partial charge in [0.15, 0.2) is 0 Å². The number of likely N-dealkylation sites (N-methyl/N-ethyl adjacent to an activating group) is 1. The molecule has 0 fully saturated rings. The van der Waals surface area contributed by atoms with Crippen LogP contribution in [-0.2, 0) is 4.79 Å². The summed E-state index contributed by atoms with van der Waals surface area (Å²) in [5.41, 5.74) is 7.71. The Kier molecular flexibility index (Phi) is 4.48. The standard InChI is InChI=1S/C16H19N3O/c1-12(14-10-6-7-11-18-14)19(2)16(20)15(17)13-8-4-3-5-9-13/h3-12,15H,17H2,1-2H3/t12-,15-/m0/s1. The Labute approximate surface area is 119 Å². The molecule has 4 nitrogen and oxygen atoms in total. The van der Waals surface area contributed by atoms with Crippen LogP contribution in [0.1, 0.15) is 30.3 Å². The Morgan fingerprint density at radius 3 is 2.40 bits per heavy atom. The second-order valence-corrected chi connectivity index (χ2v) is 4.77. The number of pyridine rings is 1. The van der Waals surface area contributed by atoms with E-state index in [-0.39, 0.29) is 11.9 Å². The average Bonchev–Trinajstić information content (AvgIpc) is 2.53. The van der Waals surface area contributed by atoms with Crippen molar-refractivity contribution in [3.63, 3.8) is 0 Å². The molecule has 1 heterocycles. The summed E-state index contributed by atoms with van der Waals surface area (Å²) >= 11 is 0. The summed E-state index contributed by atoms with van der Waals surface area (Å²) in [5.74, 6) is -0.116. The molecule has 0 aliphatic heterocycles. The number of aromatic nitrogens is 1. The predicted octanol–water partition coefficient (Wildman–Crippen LogP) is 2.30. The fourth-order valence-corrected chi connectivity index (χ4v) is 2.03. The van der Waals surface area contributed by atoms with Gasteiger partial charge >= 0.3 is 0 Å². The number of nitrogens with two attached hydrogens (primary N) is 1. The number of hydrogen-bond acceptors (Lipinski definition) is 3. The van der Waals surface area contributed by atoms with Crippen molar-refractivity contribution in [3.8, 4) is 0 Å². The largest absolute Gasteiger partial charge is 0.336 e. The molecule has 1 aromatic carbocycles. The van der Waals surface area contributed by atoms with Crippen LogP contribution in [0.5, 0.6) is 0 Å². The SMILES string of the molecule is C[C@@H](c1ccccn1)N(C)C(=O)[C@@H](N)c1ccccc1. The van der Waals surface area contributed by atoms with E-state index in [1.807, 2.05) is 55.5 Å². The van der Waals surface area contributed by atoms with Gasteiger partial charge in [0.25, 0.3) is 0 Å². The number of carbonyl (C=O) groups is 1. The fourth-order valence-electron chi connectivity index (χ4n) is 2.03. The lowest BCUT2D eigenvalue weighted by Crippen LogP contribution is -2.37. The molecule has 2 rings (SSSR count). The lowest BCUT2D eigenvalue weighted by Gasteiger charge is -2.27. The van der Waals surface area contributed by atoms with E-state index in [0.29, 0.717) is 0 Å². The lowest BCUT2D eigenvalue weighted by atomic mass is 10.1. The van der Waals surface area contributed by atoms with Crippen molar-refractivity contribution in [1.82, 2.24) is 9.88 Å². The van der Waals surface area contributed by atoms with E-state index in [1.165, 1.54) is 0 Å². The highest BCUT2D eigenvalue weighted by molar-refractivity contribution is 5.83. The van der Waals surface area contributed by atoms with E-state index in [0.717, 1.165) is 11.3 Å². The summed E-state index contributed by atoms with van der Waals surface area (Å²) < 4.78 is 0. The van der Waals surface area contributed by atoms with Gasteiger partial charge in [-0.1, -0.05) is 36.4 Å². The van der Waals surface area contributed by atoms with Crippen LogP contribution in [0.4, 0.5) is 0 Å². The van der Waals surface area contributed by atoms with Crippen LogP contribution in [0.15, 0.2) is 54.7 Å². The maximum atomic E-state index is 12.4. The molecule has 0 aliphatic carbocycles. The Hall–Kier alpha value is -2.20. The molecule has 1 amide bonds. The average molecular weight is 269 g/mol. The van der Waals surface area contributed by atoms with Gasteiger partial charge in [-0.05, 0) is 24.6 Å². The minimum absolute atomic E-state index is 0.113. The van der Waals surface area contributed by atoms with Gasteiger partial charge in [0.1, 0.15) is 6.04 Å². The molecule has 2 N–H and O–H groups in total. The molecule has 1 aromatic heterocycles. The number of hydrogen-bond donors (Lipinski definition) is 1. The van der Waals surface area contributed by atoms with E-state index in [4.69, 9.17) is 5.73 Å². The smallest absolute Gasteiger partial charge is 0.244 e. The monoisotopic (exact) mass is 269 g/mol. The molecule has 20 heavy (non-hydrogen) atoms. The number of amides is 1. The van der Waals surface area contributed by atoms with Crippen LogP contribution in [0.25, 0.3) is 0 Å². The minimum Gasteiger partial charge on any atom is -0.336 e. The number of nitrogens with zero attached hydrogens (tertiary/aromatic N) is 2. The number of benzene rings is 1. The Bertz CT molecular complexity index is 556. The van der Waals surface area contributed by atoms with Crippen molar-refractivity contribution in [2.45, 2.75) is 19.0 Å². The highest BCUT2D eigenvalue weighted by Gasteiger charge is 2.24. The first-order valence-electron chi connectivity index (χ1n) is 6.59. The second kappa shape index (κ2) is 6.30. The zero-order valence-electron chi connectivity index (χ0n) is 11.7. The second-order valence-electron chi connectivity index (χ2n) is 4.77.